The SMILES string of the molecule is COc1ccc(-c2ccncc2)cc1CNC(=O)C1=C(Cl)C2C=C(S1)C(F)=CC=C2F. The fraction of sp³-hybridized carbons (Fsp3) is 0.130. The van der Waals surface area contributed by atoms with Crippen LogP contribution in [0.1, 0.15) is 5.56 Å². The van der Waals surface area contributed by atoms with Gasteiger partial charge in [-0.1, -0.05) is 35.5 Å². The summed E-state index contributed by atoms with van der Waals surface area (Å²) in [6.45, 7) is 0.148. The van der Waals surface area contributed by atoms with Crippen LogP contribution in [0.25, 0.3) is 11.1 Å². The van der Waals surface area contributed by atoms with Crippen molar-refractivity contribution in [2.45, 2.75) is 6.54 Å². The molecule has 1 aliphatic carbocycles. The van der Waals surface area contributed by atoms with Crippen molar-refractivity contribution in [2.24, 2.45) is 5.92 Å². The van der Waals surface area contributed by atoms with Crippen molar-refractivity contribution < 1.29 is 18.3 Å². The highest BCUT2D eigenvalue weighted by Gasteiger charge is 2.32. The Hall–Kier alpha value is -2.90. The van der Waals surface area contributed by atoms with Crippen LogP contribution in [0.3, 0.4) is 0 Å². The molecule has 31 heavy (non-hydrogen) atoms. The lowest BCUT2D eigenvalue weighted by atomic mass is 10.0. The fourth-order valence-electron chi connectivity index (χ4n) is 3.28. The van der Waals surface area contributed by atoms with Gasteiger partial charge in [-0.25, -0.2) is 8.78 Å². The number of hydrogen-bond acceptors (Lipinski definition) is 4. The lowest BCUT2D eigenvalue weighted by Crippen LogP contribution is -2.26. The Labute approximate surface area is 187 Å². The molecule has 1 aromatic carbocycles. The summed E-state index contributed by atoms with van der Waals surface area (Å²) in [7, 11) is 1.55. The number of benzene rings is 1. The number of carbonyl (C=O) groups is 1. The number of pyridine rings is 1. The van der Waals surface area contributed by atoms with Gasteiger partial charge in [0.05, 0.1) is 23.0 Å². The largest absolute Gasteiger partial charge is 0.496 e. The highest BCUT2D eigenvalue weighted by molar-refractivity contribution is 8.07. The number of amides is 1. The first-order valence-corrected chi connectivity index (χ1v) is 10.6. The van der Waals surface area contributed by atoms with Gasteiger partial charge >= 0.3 is 0 Å². The first-order valence-electron chi connectivity index (χ1n) is 9.36. The fourth-order valence-corrected chi connectivity index (χ4v) is 4.63. The van der Waals surface area contributed by atoms with Gasteiger partial charge in [-0.3, -0.25) is 9.78 Å². The van der Waals surface area contributed by atoms with Crippen molar-refractivity contribution >= 4 is 29.3 Å². The molecule has 1 aliphatic heterocycles. The number of rotatable bonds is 5. The number of hydrogen-bond donors (Lipinski definition) is 1. The molecule has 4 nitrogen and oxygen atoms in total. The van der Waals surface area contributed by atoms with Gasteiger partial charge in [-0.15, -0.1) is 0 Å². The number of carbonyl (C=O) groups excluding carboxylic acids is 1. The van der Waals surface area contributed by atoms with Gasteiger partial charge in [0, 0.05) is 29.4 Å². The molecule has 1 atom stereocenters. The van der Waals surface area contributed by atoms with Gasteiger partial charge in [-0.05, 0) is 47.5 Å². The topological polar surface area (TPSA) is 51.2 Å². The lowest BCUT2D eigenvalue weighted by Gasteiger charge is -2.21. The molecule has 1 N–H and O–H groups in total. The van der Waals surface area contributed by atoms with Crippen LogP contribution in [0, 0.1) is 5.92 Å². The van der Waals surface area contributed by atoms with Crippen molar-refractivity contribution in [1.82, 2.24) is 10.3 Å². The number of halogens is 3. The summed E-state index contributed by atoms with van der Waals surface area (Å²) in [6.07, 6.45) is 6.85. The molecule has 0 saturated heterocycles. The maximum absolute atomic E-state index is 14.3. The van der Waals surface area contributed by atoms with Crippen molar-refractivity contribution in [3.63, 3.8) is 0 Å². The summed E-state index contributed by atoms with van der Waals surface area (Å²) < 4.78 is 33.8. The van der Waals surface area contributed by atoms with Gasteiger partial charge in [0.25, 0.3) is 5.91 Å². The average molecular weight is 459 g/mol. The van der Waals surface area contributed by atoms with E-state index < -0.39 is 23.5 Å². The molecular formula is C23H17ClF2N2O2S. The monoisotopic (exact) mass is 458 g/mol. The van der Waals surface area contributed by atoms with Crippen LogP contribution in [-0.4, -0.2) is 18.0 Å². The molecule has 4 rings (SSSR count). The number of nitrogens with zero attached hydrogens (tertiary/aromatic N) is 1. The van der Waals surface area contributed by atoms with E-state index in [0.717, 1.165) is 40.6 Å². The van der Waals surface area contributed by atoms with E-state index in [1.165, 1.54) is 6.08 Å². The lowest BCUT2D eigenvalue weighted by molar-refractivity contribution is -0.117. The maximum Gasteiger partial charge on any atom is 0.259 e. The molecule has 0 saturated carbocycles. The van der Waals surface area contributed by atoms with E-state index >= 15 is 0 Å². The highest BCUT2D eigenvalue weighted by atomic mass is 35.5. The Kier molecular flexibility index (Phi) is 6.25. The van der Waals surface area contributed by atoms with Crippen LogP contribution in [0.4, 0.5) is 8.78 Å². The summed E-state index contributed by atoms with van der Waals surface area (Å²) in [5.74, 6) is -2.10. The molecular weight excluding hydrogens is 442 g/mol. The predicted octanol–water partition coefficient (Wildman–Crippen LogP) is 5.79. The Morgan fingerprint density at radius 2 is 1.97 bits per heavy atom. The minimum Gasteiger partial charge on any atom is -0.496 e. The number of aromatic nitrogens is 1. The normalized spacial score (nSPS) is 17.9. The quantitative estimate of drug-likeness (QED) is 0.616. The zero-order valence-electron chi connectivity index (χ0n) is 16.4. The number of nitrogens with one attached hydrogen (secondary N) is 1. The molecule has 1 amide bonds. The highest BCUT2D eigenvalue weighted by Crippen LogP contribution is 2.46. The average Bonchev–Trinajstić information content (AvgIpc) is 2.92. The van der Waals surface area contributed by atoms with Crippen LogP contribution < -0.4 is 10.1 Å². The van der Waals surface area contributed by atoms with Gasteiger partial charge in [0.15, 0.2) is 0 Å². The number of thioether (sulfide) groups is 1. The molecule has 1 unspecified atom stereocenters. The van der Waals surface area contributed by atoms with E-state index in [2.05, 4.69) is 10.3 Å². The standard InChI is InChI=1S/C23H17ClF2N2O2S/c1-30-19-5-2-14(13-6-8-27-9-7-13)10-15(19)12-28-23(29)22-21(24)16-11-20(31-22)18(26)4-3-17(16)25/h2-11,16H,12H2,1H3,(H,28,29). The molecule has 2 aliphatic rings. The molecule has 1 aromatic heterocycles. The molecule has 158 valence electrons. The summed E-state index contributed by atoms with van der Waals surface area (Å²) in [5.41, 5.74) is 2.66. The Balaban J connectivity index is 1.56. The number of methoxy groups -OCH3 is 1. The number of fused-ring (bicyclic) bond motifs is 1. The second-order valence-corrected chi connectivity index (χ2v) is 8.26. The Morgan fingerprint density at radius 1 is 1.19 bits per heavy atom. The van der Waals surface area contributed by atoms with Crippen LogP contribution in [-0.2, 0) is 11.3 Å². The van der Waals surface area contributed by atoms with Crippen molar-refractivity contribution in [3.05, 3.63) is 93.0 Å². The summed E-state index contributed by atoms with van der Waals surface area (Å²) in [5, 5.41) is 2.81. The van der Waals surface area contributed by atoms with Gasteiger partial charge in [-0.2, -0.15) is 0 Å². The molecule has 0 spiro atoms. The van der Waals surface area contributed by atoms with E-state index in [-0.39, 0.29) is 21.4 Å². The predicted molar refractivity (Wildman–Crippen MR) is 118 cm³/mol. The van der Waals surface area contributed by atoms with Crippen LogP contribution in [0.2, 0.25) is 0 Å². The van der Waals surface area contributed by atoms with Crippen LogP contribution in [0.15, 0.2) is 87.4 Å². The summed E-state index contributed by atoms with van der Waals surface area (Å²) in [6, 6.07) is 9.40. The molecule has 8 heteroatoms. The molecule has 0 radical (unpaired) electrons. The van der Waals surface area contributed by atoms with E-state index in [9.17, 15) is 13.6 Å². The van der Waals surface area contributed by atoms with Gasteiger partial charge in [0.1, 0.15) is 17.4 Å². The Bertz CT molecular complexity index is 1160. The minimum atomic E-state index is -0.965. The van der Waals surface area contributed by atoms with E-state index in [1.54, 1.807) is 19.5 Å². The van der Waals surface area contributed by atoms with E-state index in [0.29, 0.717) is 5.75 Å². The zero-order chi connectivity index (χ0) is 22.0. The second-order valence-electron chi connectivity index (χ2n) is 6.80. The molecule has 0 fully saturated rings. The van der Waals surface area contributed by atoms with E-state index in [4.69, 9.17) is 16.3 Å². The summed E-state index contributed by atoms with van der Waals surface area (Å²) in [4.78, 5) is 17.1. The molecule has 2 aromatic rings. The first-order chi connectivity index (χ1) is 15.0. The third-order valence-electron chi connectivity index (χ3n) is 4.88. The van der Waals surface area contributed by atoms with E-state index in [1.807, 2.05) is 30.3 Å². The number of ether oxygens (including phenoxy) is 1. The third kappa shape index (κ3) is 4.43. The summed E-state index contributed by atoms with van der Waals surface area (Å²) >= 11 is 7.19. The molecule has 2 bridgehead atoms. The first kappa shape index (κ1) is 21.3. The number of allylic oxidation sites excluding steroid dienone is 6. The molecule has 2 heterocycles. The van der Waals surface area contributed by atoms with Crippen LogP contribution >= 0.6 is 23.4 Å². The Morgan fingerprint density at radius 3 is 2.71 bits per heavy atom. The minimum absolute atomic E-state index is 0.0283. The smallest absolute Gasteiger partial charge is 0.259 e. The van der Waals surface area contributed by atoms with Crippen LogP contribution in [0.5, 0.6) is 5.75 Å². The van der Waals surface area contributed by atoms with Crippen molar-refractivity contribution in [2.75, 3.05) is 7.11 Å². The maximum atomic E-state index is 14.3. The zero-order valence-corrected chi connectivity index (χ0v) is 17.9. The second kappa shape index (κ2) is 9.08. The third-order valence-corrected chi connectivity index (χ3v) is 6.58. The van der Waals surface area contributed by atoms with Gasteiger partial charge in [0.2, 0.25) is 0 Å². The van der Waals surface area contributed by atoms with Gasteiger partial charge < -0.3 is 10.1 Å². The van der Waals surface area contributed by atoms with Crippen molar-refractivity contribution in [1.29, 1.82) is 0 Å². The van der Waals surface area contributed by atoms with Crippen molar-refractivity contribution in [3.8, 4) is 16.9 Å².